The Bertz CT molecular complexity index is 1130. The van der Waals surface area contributed by atoms with E-state index >= 15 is 0 Å². The van der Waals surface area contributed by atoms with E-state index in [1.54, 1.807) is 54.6 Å². The molecule has 0 aliphatic carbocycles. The third-order valence-electron chi connectivity index (χ3n) is 4.48. The van der Waals surface area contributed by atoms with E-state index in [1.165, 1.54) is 17.1 Å². The molecule has 3 aromatic rings. The normalized spacial score (nSPS) is 14.9. The molecule has 3 aromatic carbocycles. The SMILES string of the molecule is O=C1NN(c2ccccc2)C(=O)/C1=C\c1ccc(OCc2ccc(F)cc2)c(I)c1. The number of anilines is 1. The fourth-order valence-electron chi connectivity index (χ4n) is 2.95. The summed E-state index contributed by atoms with van der Waals surface area (Å²) >= 11 is 2.13. The largest absolute Gasteiger partial charge is 0.488 e. The van der Waals surface area contributed by atoms with Gasteiger partial charge in [0.1, 0.15) is 23.7 Å². The van der Waals surface area contributed by atoms with Crippen LogP contribution in [0.2, 0.25) is 0 Å². The average molecular weight is 514 g/mol. The minimum absolute atomic E-state index is 0.0645. The zero-order valence-electron chi connectivity index (χ0n) is 15.6. The molecule has 2 amide bonds. The summed E-state index contributed by atoms with van der Waals surface area (Å²) in [5.41, 5.74) is 4.81. The molecule has 0 radical (unpaired) electrons. The number of para-hydroxylation sites is 1. The maximum absolute atomic E-state index is 13.0. The Labute approximate surface area is 186 Å². The lowest BCUT2D eigenvalue weighted by atomic mass is 10.1. The smallest absolute Gasteiger partial charge is 0.282 e. The highest BCUT2D eigenvalue weighted by Crippen LogP contribution is 2.26. The summed E-state index contributed by atoms with van der Waals surface area (Å²) in [6.45, 7) is 0.309. The van der Waals surface area contributed by atoms with Gasteiger partial charge in [-0.3, -0.25) is 15.0 Å². The van der Waals surface area contributed by atoms with Crippen LogP contribution in [-0.2, 0) is 16.2 Å². The van der Waals surface area contributed by atoms with Crippen molar-refractivity contribution < 1.29 is 18.7 Å². The highest BCUT2D eigenvalue weighted by atomic mass is 127. The first-order chi connectivity index (χ1) is 14.5. The molecular weight excluding hydrogens is 498 g/mol. The van der Waals surface area contributed by atoms with Crippen LogP contribution >= 0.6 is 22.6 Å². The number of ether oxygens (including phenoxy) is 1. The molecule has 1 aliphatic rings. The van der Waals surface area contributed by atoms with Crippen molar-refractivity contribution in [3.8, 4) is 5.75 Å². The lowest BCUT2D eigenvalue weighted by molar-refractivity contribution is -0.117. The third kappa shape index (κ3) is 4.35. The number of nitrogens with zero attached hydrogens (tertiary/aromatic N) is 1. The summed E-state index contributed by atoms with van der Waals surface area (Å²) < 4.78 is 19.6. The molecule has 30 heavy (non-hydrogen) atoms. The van der Waals surface area contributed by atoms with Gasteiger partial charge in [0, 0.05) is 0 Å². The molecule has 150 valence electrons. The van der Waals surface area contributed by atoms with Crippen LogP contribution in [0.25, 0.3) is 6.08 Å². The lowest BCUT2D eigenvalue weighted by Gasteiger charge is -2.13. The van der Waals surface area contributed by atoms with Crippen molar-refractivity contribution >= 4 is 46.2 Å². The van der Waals surface area contributed by atoms with Gasteiger partial charge in [-0.15, -0.1) is 0 Å². The minimum atomic E-state index is -0.449. The maximum Gasteiger partial charge on any atom is 0.282 e. The van der Waals surface area contributed by atoms with Gasteiger partial charge in [-0.05, 0) is 76.2 Å². The van der Waals surface area contributed by atoms with Crippen LogP contribution in [-0.4, -0.2) is 11.8 Å². The van der Waals surface area contributed by atoms with Crippen LogP contribution in [0.4, 0.5) is 10.1 Å². The van der Waals surface area contributed by atoms with Crippen molar-refractivity contribution in [2.45, 2.75) is 6.61 Å². The van der Waals surface area contributed by atoms with Crippen LogP contribution in [0.1, 0.15) is 11.1 Å². The van der Waals surface area contributed by atoms with Gasteiger partial charge < -0.3 is 4.74 Å². The second-order valence-electron chi connectivity index (χ2n) is 6.58. The topological polar surface area (TPSA) is 58.6 Å². The molecule has 1 N–H and O–H groups in total. The molecule has 4 rings (SSSR count). The van der Waals surface area contributed by atoms with Gasteiger partial charge in [-0.25, -0.2) is 9.40 Å². The molecule has 0 bridgehead atoms. The molecule has 0 aromatic heterocycles. The Morgan fingerprint density at radius 3 is 2.43 bits per heavy atom. The first-order valence-corrected chi connectivity index (χ1v) is 10.2. The predicted octanol–water partition coefficient (Wildman–Crippen LogP) is 4.47. The second-order valence-corrected chi connectivity index (χ2v) is 7.74. The fourth-order valence-corrected chi connectivity index (χ4v) is 3.64. The Balaban J connectivity index is 1.50. The molecule has 1 aliphatic heterocycles. The molecule has 1 fully saturated rings. The van der Waals surface area contributed by atoms with Crippen molar-refractivity contribution in [1.29, 1.82) is 0 Å². The number of benzene rings is 3. The number of nitrogens with one attached hydrogen (secondary N) is 1. The predicted molar refractivity (Wildman–Crippen MR) is 120 cm³/mol. The summed E-state index contributed by atoms with van der Waals surface area (Å²) in [4.78, 5) is 25.0. The Morgan fingerprint density at radius 2 is 1.73 bits per heavy atom. The molecule has 0 saturated carbocycles. The summed E-state index contributed by atoms with van der Waals surface area (Å²) in [7, 11) is 0. The lowest BCUT2D eigenvalue weighted by Crippen LogP contribution is -2.35. The van der Waals surface area contributed by atoms with E-state index in [4.69, 9.17) is 4.74 Å². The number of halogens is 2. The fraction of sp³-hybridized carbons (Fsp3) is 0.0435. The monoisotopic (exact) mass is 514 g/mol. The van der Waals surface area contributed by atoms with Gasteiger partial charge in [0.15, 0.2) is 0 Å². The van der Waals surface area contributed by atoms with E-state index in [9.17, 15) is 14.0 Å². The molecule has 0 unspecified atom stereocenters. The van der Waals surface area contributed by atoms with Crippen LogP contribution in [0.15, 0.2) is 78.4 Å². The molecule has 0 atom stereocenters. The maximum atomic E-state index is 13.0. The number of carbonyl (C=O) groups excluding carboxylic acids is 2. The first-order valence-electron chi connectivity index (χ1n) is 9.10. The number of amides is 2. The number of hydrogen-bond donors (Lipinski definition) is 1. The Hall–Kier alpha value is -3.20. The number of carbonyl (C=O) groups is 2. The molecule has 7 heteroatoms. The number of hydrazine groups is 1. The van der Waals surface area contributed by atoms with Crippen molar-refractivity contribution in [2.75, 3.05) is 5.01 Å². The van der Waals surface area contributed by atoms with E-state index in [0.717, 1.165) is 9.13 Å². The molecule has 5 nitrogen and oxygen atoms in total. The van der Waals surface area contributed by atoms with Crippen LogP contribution < -0.4 is 15.2 Å². The number of rotatable bonds is 5. The van der Waals surface area contributed by atoms with E-state index in [-0.39, 0.29) is 11.4 Å². The summed E-state index contributed by atoms with van der Waals surface area (Å²) in [5, 5.41) is 1.24. The van der Waals surface area contributed by atoms with Crippen molar-refractivity contribution in [2.24, 2.45) is 0 Å². The van der Waals surface area contributed by atoms with Crippen LogP contribution in [0, 0.1) is 9.39 Å². The average Bonchev–Trinajstić information content (AvgIpc) is 3.03. The molecule has 1 heterocycles. The highest BCUT2D eigenvalue weighted by Gasteiger charge is 2.34. The van der Waals surface area contributed by atoms with E-state index in [1.807, 2.05) is 12.1 Å². The van der Waals surface area contributed by atoms with Gasteiger partial charge in [0.25, 0.3) is 11.8 Å². The summed E-state index contributed by atoms with van der Waals surface area (Å²) in [6, 6.07) is 20.4. The van der Waals surface area contributed by atoms with Gasteiger partial charge in [-0.2, -0.15) is 0 Å². The number of hydrogen-bond acceptors (Lipinski definition) is 3. The standard InChI is InChI=1S/C23H16FIN2O3/c24-17-9-6-15(7-10-17)14-30-21-11-8-16(13-20(21)25)12-19-22(28)26-27(23(19)29)18-4-2-1-3-5-18/h1-13H,14H2,(H,26,28)/b19-12-. The van der Waals surface area contributed by atoms with E-state index < -0.39 is 11.8 Å². The van der Waals surface area contributed by atoms with Crippen LogP contribution in [0.3, 0.4) is 0 Å². The van der Waals surface area contributed by atoms with E-state index in [0.29, 0.717) is 23.6 Å². The quantitative estimate of drug-likeness (QED) is 0.311. The highest BCUT2D eigenvalue weighted by molar-refractivity contribution is 14.1. The van der Waals surface area contributed by atoms with Gasteiger partial charge in [0.2, 0.25) is 0 Å². The second kappa shape index (κ2) is 8.66. The molecular formula is C23H16FIN2O3. The van der Waals surface area contributed by atoms with Crippen molar-refractivity contribution in [3.05, 3.63) is 98.9 Å². The van der Waals surface area contributed by atoms with Crippen molar-refractivity contribution in [3.63, 3.8) is 0 Å². The first kappa shape index (κ1) is 20.1. The molecule has 1 saturated heterocycles. The van der Waals surface area contributed by atoms with Gasteiger partial charge >= 0.3 is 0 Å². The molecule has 0 spiro atoms. The van der Waals surface area contributed by atoms with E-state index in [2.05, 4.69) is 28.0 Å². The van der Waals surface area contributed by atoms with Crippen molar-refractivity contribution in [1.82, 2.24) is 5.43 Å². The summed E-state index contributed by atoms with van der Waals surface area (Å²) in [5.74, 6) is -0.481. The third-order valence-corrected chi connectivity index (χ3v) is 5.32. The van der Waals surface area contributed by atoms with Crippen LogP contribution in [0.5, 0.6) is 5.75 Å². The minimum Gasteiger partial charge on any atom is -0.488 e. The van der Waals surface area contributed by atoms with Gasteiger partial charge in [-0.1, -0.05) is 36.4 Å². The Morgan fingerprint density at radius 1 is 1.00 bits per heavy atom. The van der Waals surface area contributed by atoms with Gasteiger partial charge in [0.05, 0.1) is 9.26 Å². The summed E-state index contributed by atoms with van der Waals surface area (Å²) in [6.07, 6.45) is 1.56. The Kier molecular flexibility index (Phi) is 5.80. The zero-order valence-corrected chi connectivity index (χ0v) is 17.8. The zero-order chi connectivity index (χ0) is 21.1.